The summed E-state index contributed by atoms with van der Waals surface area (Å²) in [6.07, 6.45) is 8.40. The molecule has 1 aromatic carbocycles. The Morgan fingerprint density at radius 2 is 1.94 bits per heavy atom. The Bertz CT molecular complexity index is 1140. The Balaban J connectivity index is 1.55. The summed E-state index contributed by atoms with van der Waals surface area (Å²) >= 11 is 0. The molecule has 4 rings (SSSR count). The molecule has 2 heterocycles. The van der Waals surface area contributed by atoms with Crippen molar-refractivity contribution in [3.63, 3.8) is 0 Å². The lowest BCUT2D eigenvalue weighted by Crippen LogP contribution is -2.28. The Morgan fingerprint density at radius 1 is 1.23 bits per heavy atom. The van der Waals surface area contributed by atoms with Crippen LogP contribution in [0.2, 0.25) is 0 Å². The first-order valence-electron chi connectivity index (χ1n) is 12.0. The number of carbonyl (C=O) groups excluding carboxylic acids is 1. The lowest BCUT2D eigenvalue weighted by Gasteiger charge is -2.22. The highest BCUT2D eigenvalue weighted by molar-refractivity contribution is 5.93. The molecule has 0 unspecified atom stereocenters. The highest BCUT2D eigenvalue weighted by Gasteiger charge is 2.29. The topological polar surface area (TPSA) is 111 Å². The van der Waals surface area contributed by atoms with Gasteiger partial charge in [0.1, 0.15) is 11.8 Å². The summed E-state index contributed by atoms with van der Waals surface area (Å²) in [5, 5.41) is 28.0. The molecule has 0 aliphatic heterocycles. The minimum Gasteiger partial charge on any atom is -0.494 e. The standard InChI is InChI=1S/C26H34N4O5/c1-26(2,33)17-29-13-12-23(28-29)27-25(32)20(14-18-8-4-5-9-18)30-16-19(15-24(30)31)35-22-11-7-6-10-21(22)34-3/h6-7,10-13,15-16,18,20,31,33H,4-5,8-9,14,17H2,1-3H3,(H,27,28,32)/t20-/m0/s1. The van der Waals surface area contributed by atoms with Crippen molar-refractivity contribution < 1.29 is 24.5 Å². The summed E-state index contributed by atoms with van der Waals surface area (Å²) in [4.78, 5) is 13.4. The number of anilines is 1. The third kappa shape index (κ3) is 6.36. The Labute approximate surface area is 205 Å². The van der Waals surface area contributed by atoms with Crippen LogP contribution in [0, 0.1) is 5.92 Å². The van der Waals surface area contributed by atoms with Gasteiger partial charge in [0.2, 0.25) is 5.91 Å². The van der Waals surface area contributed by atoms with Crippen LogP contribution in [0.25, 0.3) is 0 Å². The minimum atomic E-state index is -0.924. The number of hydrogen-bond donors (Lipinski definition) is 3. The lowest BCUT2D eigenvalue weighted by atomic mass is 9.97. The number of benzene rings is 1. The van der Waals surface area contributed by atoms with Crippen LogP contribution in [-0.2, 0) is 11.3 Å². The predicted octanol–water partition coefficient (Wildman–Crippen LogP) is 4.72. The first-order chi connectivity index (χ1) is 16.7. The van der Waals surface area contributed by atoms with E-state index in [1.807, 2.05) is 12.1 Å². The Morgan fingerprint density at radius 3 is 2.63 bits per heavy atom. The zero-order chi connectivity index (χ0) is 25.0. The van der Waals surface area contributed by atoms with Crippen molar-refractivity contribution in [1.82, 2.24) is 14.3 Å². The third-order valence-electron chi connectivity index (χ3n) is 6.21. The van der Waals surface area contributed by atoms with Crippen molar-refractivity contribution in [2.75, 3.05) is 12.4 Å². The summed E-state index contributed by atoms with van der Waals surface area (Å²) in [6, 6.07) is 9.81. The molecule has 2 aromatic heterocycles. The van der Waals surface area contributed by atoms with Gasteiger partial charge in [0.25, 0.3) is 0 Å². The van der Waals surface area contributed by atoms with Crippen molar-refractivity contribution in [3.8, 4) is 23.1 Å². The molecule has 1 aliphatic carbocycles. The monoisotopic (exact) mass is 482 g/mol. The lowest BCUT2D eigenvalue weighted by molar-refractivity contribution is -0.119. The molecular formula is C26H34N4O5. The first kappa shape index (κ1) is 24.7. The molecule has 1 saturated carbocycles. The Kier molecular flexibility index (Phi) is 7.35. The van der Waals surface area contributed by atoms with Crippen LogP contribution in [0.1, 0.15) is 52.0 Å². The number of amides is 1. The second-order valence-electron chi connectivity index (χ2n) is 9.80. The number of aromatic nitrogens is 3. The zero-order valence-electron chi connectivity index (χ0n) is 20.5. The predicted molar refractivity (Wildman–Crippen MR) is 132 cm³/mol. The van der Waals surface area contributed by atoms with E-state index in [1.165, 1.54) is 6.07 Å². The van der Waals surface area contributed by atoms with E-state index in [-0.39, 0.29) is 11.8 Å². The van der Waals surface area contributed by atoms with Crippen molar-refractivity contribution in [2.24, 2.45) is 5.92 Å². The summed E-state index contributed by atoms with van der Waals surface area (Å²) in [5.41, 5.74) is -0.924. The van der Waals surface area contributed by atoms with Gasteiger partial charge in [-0.05, 0) is 38.3 Å². The van der Waals surface area contributed by atoms with Crippen molar-refractivity contribution in [1.29, 1.82) is 0 Å². The normalized spacial score (nSPS) is 15.2. The summed E-state index contributed by atoms with van der Waals surface area (Å²) < 4.78 is 14.5. The molecule has 1 aliphatic rings. The maximum absolute atomic E-state index is 13.4. The van der Waals surface area contributed by atoms with E-state index in [0.29, 0.717) is 41.9 Å². The molecule has 1 atom stereocenters. The van der Waals surface area contributed by atoms with Gasteiger partial charge in [-0.25, -0.2) is 0 Å². The second kappa shape index (κ2) is 10.4. The van der Waals surface area contributed by atoms with Gasteiger partial charge in [0.15, 0.2) is 23.2 Å². The molecule has 35 heavy (non-hydrogen) atoms. The van der Waals surface area contributed by atoms with E-state index < -0.39 is 11.6 Å². The summed E-state index contributed by atoms with van der Waals surface area (Å²) in [6.45, 7) is 3.70. The average Bonchev–Trinajstić information content (AvgIpc) is 3.54. The summed E-state index contributed by atoms with van der Waals surface area (Å²) in [7, 11) is 1.57. The smallest absolute Gasteiger partial charge is 0.248 e. The molecule has 3 N–H and O–H groups in total. The molecule has 0 spiro atoms. The number of rotatable bonds is 10. The molecule has 0 bridgehead atoms. The van der Waals surface area contributed by atoms with Crippen LogP contribution in [0.4, 0.5) is 5.82 Å². The zero-order valence-corrected chi connectivity index (χ0v) is 20.5. The van der Waals surface area contributed by atoms with Gasteiger partial charge in [-0.2, -0.15) is 5.10 Å². The van der Waals surface area contributed by atoms with Crippen LogP contribution in [0.5, 0.6) is 23.1 Å². The van der Waals surface area contributed by atoms with Gasteiger partial charge >= 0.3 is 0 Å². The van der Waals surface area contributed by atoms with E-state index in [1.54, 1.807) is 60.8 Å². The molecule has 188 valence electrons. The Hall–Kier alpha value is -3.46. The highest BCUT2D eigenvalue weighted by Crippen LogP contribution is 2.38. The van der Waals surface area contributed by atoms with Crippen molar-refractivity contribution >= 4 is 11.7 Å². The average molecular weight is 483 g/mol. The van der Waals surface area contributed by atoms with Gasteiger partial charge in [0.05, 0.1) is 25.5 Å². The second-order valence-corrected chi connectivity index (χ2v) is 9.80. The maximum atomic E-state index is 13.4. The molecule has 0 radical (unpaired) electrons. The fourth-order valence-electron chi connectivity index (χ4n) is 4.61. The van der Waals surface area contributed by atoms with Gasteiger partial charge in [-0.3, -0.25) is 9.48 Å². The molecule has 1 fully saturated rings. The summed E-state index contributed by atoms with van der Waals surface area (Å²) in [5.74, 6) is 1.97. The first-order valence-corrected chi connectivity index (χ1v) is 12.0. The van der Waals surface area contributed by atoms with Crippen LogP contribution >= 0.6 is 0 Å². The number of nitrogens with zero attached hydrogens (tertiary/aromatic N) is 3. The largest absolute Gasteiger partial charge is 0.494 e. The van der Waals surface area contributed by atoms with Gasteiger partial charge < -0.3 is 29.6 Å². The number of methoxy groups -OCH3 is 1. The number of aromatic hydroxyl groups is 1. The fourth-order valence-corrected chi connectivity index (χ4v) is 4.61. The quantitative estimate of drug-likeness (QED) is 0.386. The van der Waals surface area contributed by atoms with Gasteiger partial charge in [0, 0.05) is 18.3 Å². The van der Waals surface area contributed by atoms with E-state index >= 15 is 0 Å². The molecule has 3 aromatic rings. The SMILES string of the molecule is COc1ccccc1Oc1cc(O)n([C@@H](CC2CCCC2)C(=O)Nc2ccn(CC(C)(C)O)n2)c1. The van der Waals surface area contributed by atoms with Gasteiger partial charge in [-0.1, -0.05) is 37.8 Å². The highest BCUT2D eigenvalue weighted by atomic mass is 16.5. The van der Waals surface area contributed by atoms with E-state index in [2.05, 4.69) is 10.4 Å². The number of nitrogens with one attached hydrogen (secondary N) is 1. The van der Waals surface area contributed by atoms with Crippen molar-refractivity contribution in [3.05, 3.63) is 48.8 Å². The van der Waals surface area contributed by atoms with E-state index in [0.717, 1.165) is 25.7 Å². The van der Waals surface area contributed by atoms with Crippen LogP contribution in [0.3, 0.4) is 0 Å². The number of hydrogen-bond acceptors (Lipinski definition) is 6. The molecule has 0 saturated heterocycles. The van der Waals surface area contributed by atoms with E-state index in [9.17, 15) is 15.0 Å². The third-order valence-corrected chi connectivity index (χ3v) is 6.21. The number of aliphatic hydroxyl groups is 1. The van der Waals surface area contributed by atoms with Crippen LogP contribution < -0.4 is 14.8 Å². The molecular weight excluding hydrogens is 448 g/mol. The van der Waals surface area contributed by atoms with E-state index in [4.69, 9.17) is 9.47 Å². The molecule has 9 heteroatoms. The minimum absolute atomic E-state index is 0.0550. The van der Waals surface area contributed by atoms with Crippen LogP contribution in [0.15, 0.2) is 48.8 Å². The molecule has 9 nitrogen and oxygen atoms in total. The maximum Gasteiger partial charge on any atom is 0.248 e. The molecule has 1 amide bonds. The van der Waals surface area contributed by atoms with Crippen LogP contribution in [-0.4, -0.2) is 43.2 Å². The number of carbonyl (C=O) groups is 1. The fraction of sp³-hybridized carbons (Fsp3) is 0.462. The number of para-hydroxylation sites is 2. The van der Waals surface area contributed by atoms with Crippen molar-refractivity contribution in [2.45, 2.75) is 64.1 Å². The van der Waals surface area contributed by atoms with Gasteiger partial charge in [-0.15, -0.1) is 0 Å². The number of ether oxygens (including phenoxy) is 2.